The van der Waals surface area contributed by atoms with E-state index in [1.807, 2.05) is 0 Å². The van der Waals surface area contributed by atoms with Crippen molar-refractivity contribution >= 4 is 0 Å². The van der Waals surface area contributed by atoms with Crippen molar-refractivity contribution in [2.45, 2.75) is 64.2 Å². The molecule has 2 rings (SSSR count). The monoisotopic (exact) mass is 236 g/mol. The Bertz CT molecular complexity index is 248. The predicted molar refractivity (Wildman–Crippen MR) is 74.7 cm³/mol. The van der Waals surface area contributed by atoms with Gasteiger partial charge in [0.25, 0.3) is 0 Å². The van der Waals surface area contributed by atoms with Crippen LogP contribution in [-0.4, -0.2) is 24.6 Å². The topological polar surface area (TPSA) is 0 Å². The fourth-order valence-corrected chi connectivity index (χ4v) is 3.75. The molecule has 1 aliphatic carbocycles. The Kier molecular flexibility index (Phi) is 4.67. The molecule has 2 aliphatic rings. The largest absolute Gasteiger partial charge is 0.297 e. The van der Waals surface area contributed by atoms with Crippen LogP contribution in [0.15, 0.2) is 12.3 Å². The highest BCUT2D eigenvalue weighted by molar-refractivity contribution is 4.88. The Hall–Kier alpha value is -0.300. The lowest BCUT2D eigenvalue weighted by Gasteiger charge is -2.34. The zero-order valence-corrected chi connectivity index (χ0v) is 11.7. The molecule has 1 saturated heterocycles. The highest BCUT2D eigenvalue weighted by atomic mass is 15.4. The van der Waals surface area contributed by atoms with E-state index in [1.165, 1.54) is 87.5 Å². The van der Waals surface area contributed by atoms with Crippen LogP contribution in [-0.2, 0) is 0 Å². The third-order valence-electron chi connectivity index (χ3n) is 5.02. The number of nitrogens with zero attached hydrogens (tertiary/aromatic N) is 1. The maximum absolute atomic E-state index is 4.31. The summed E-state index contributed by atoms with van der Waals surface area (Å²) >= 11 is 0. The molecule has 0 aromatic rings. The molecule has 1 heterocycles. The summed E-state index contributed by atoms with van der Waals surface area (Å²) in [6.07, 6.45) is 14.4. The summed E-state index contributed by atoms with van der Waals surface area (Å²) in [5.41, 5.74) is 1.49. The third kappa shape index (κ3) is 3.58. The highest BCUT2D eigenvalue weighted by Crippen LogP contribution is 2.31. The van der Waals surface area contributed by atoms with E-state index in [0.717, 1.165) is 5.92 Å². The van der Waals surface area contributed by atoms with Gasteiger partial charge in [0.2, 0.25) is 0 Å². The van der Waals surface area contributed by atoms with Crippen LogP contribution in [0.25, 0.3) is 0 Å². The number of likely N-dealkylation sites (tertiary alicyclic amines) is 1. The van der Waals surface area contributed by atoms with Crippen LogP contribution in [0.3, 0.4) is 0 Å². The van der Waals surface area contributed by atoms with Crippen LogP contribution < -0.4 is 0 Å². The number of quaternary nitrogens is 1. The Morgan fingerprint density at radius 3 is 2.12 bits per heavy atom. The van der Waals surface area contributed by atoms with Crippen LogP contribution in [0, 0.1) is 5.92 Å². The highest BCUT2D eigenvalue weighted by Gasteiger charge is 2.33. The van der Waals surface area contributed by atoms with E-state index in [9.17, 15) is 0 Å². The lowest BCUT2D eigenvalue weighted by molar-refractivity contribution is -0.866. The zero-order chi connectivity index (χ0) is 12.1. The lowest BCUT2D eigenvalue weighted by Crippen LogP contribution is -2.42. The molecule has 0 aromatic heterocycles. The zero-order valence-electron chi connectivity index (χ0n) is 11.7. The van der Waals surface area contributed by atoms with Crippen molar-refractivity contribution in [2.24, 2.45) is 5.92 Å². The first-order valence-electron chi connectivity index (χ1n) is 7.74. The third-order valence-corrected chi connectivity index (χ3v) is 5.02. The van der Waals surface area contributed by atoms with Crippen LogP contribution in [0.1, 0.15) is 64.2 Å². The second-order valence-corrected chi connectivity index (χ2v) is 6.54. The summed E-state index contributed by atoms with van der Waals surface area (Å²) in [4.78, 5) is 0. The quantitative estimate of drug-likeness (QED) is 0.620. The van der Waals surface area contributed by atoms with Crippen LogP contribution >= 0.6 is 0 Å². The molecule has 1 nitrogen and oxygen atoms in total. The molecule has 1 aliphatic heterocycles. The minimum atomic E-state index is 0.966. The Balaban J connectivity index is 1.88. The van der Waals surface area contributed by atoms with E-state index in [4.69, 9.17) is 0 Å². The first-order chi connectivity index (χ1) is 8.21. The van der Waals surface area contributed by atoms with Gasteiger partial charge in [-0.3, -0.25) is 4.48 Å². The molecule has 0 aromatic carbocycles. The molecule has 1 atom stereocenters. The second-order valence-electron chi connectivity index (χ2n) is 6.54. The van der Waals surface area contributed by atoms with Gasteiger partial charge in [-0.2, -0.15) is 0 Å². The van der Waals surface area contributed by atoms with Gasteiger partial charge in [0.05, 0.1) is 20.1 Å². The van der Waals surface area contributed by atoms with Gasteiger partial charge in [-0.1, -0.05) is 38.5 Å². The van der Waals surface area contributed by atoms with Crippen molar-refractivity contribution in [3.63, 3.8) is 0 Å². The fraction of sp³-hybridized carbons (Fsp3) is 0.875. The van der Waals surface area contributed by atoms with E-state index >= 15 is 0 Å². The second kappa shape index (κ2) is 6.04. The minimum absolute atomic E-state index is 0.966. The van der Waals surface area contributed by atoms with Gasteiger partial charge in [-0.25, -0.2) is 0 Å². The normalized spacial score (nSPS) is 33.1. The van der Waals surface area contributed by atoms with Gasteiger partial charge in [0.1, 0.15) is 5.70 Å². The van der Waals surface area contributed by atoms with Gasteiger partial charge >= 0.3 is 0 Å². The first-order valence-corrected chi connectivity index (χ1v) is 7.74. The average molecular weight is 236 g/mol. The van der Waals surface area contributed by atoms with Gasteiger partial charge in [0.15, 0.2) is 0 Å². The van der Waals surface area contributed by atoms with Crippen molar-refractivity contribution in [1.82, 2.24) is 0 Å². The summed E-state index contributed by atoms with van der Waals surface area (Å²) in [6.45, 7) is 7.02. The molecule has 2 fully saturated rings. The van der Waals surface area contributed by atoms with Crippen molar-refractivity contribution < 1.29 is 4.48 Å². The van der Waals surface area contributed by atoms with Crippen LogP contribution in [0.5, 0.6) is 0 Å². The van der Waals surface area contributed by atoms with Gasteiger partial charge in [-0.15, -0.1) is 0 Å². The van der Waals surface area contributed by atoms with Gasteiger partial charge in [-0.05, 0) is 19.4 Å². The smallest absolute Gasteiger partial charge is 0.102 e. The number of hydrogen-bond donors (Lipinski definition) is 0. The molecular weight excluding hydrogens is 206 g/mol. The molecule has 0 amide bonds. The van der Waals surface area contributed by atoms with Crippen LogP contribution in [0.4, 0.5) is 0 Å². The lowest BCUT2D eigenvalue weighted by atomic mass is 9.95. The van der Waals surface area contributed by atoms with E-state index in [1.54, 1.807) is 0 Å². The minimum Gasteiger partial charge on any atom is -0.297 e. The maximum atomic E-state index is 4.31. The first kappa shape index (κ1) is 13.1. The van der Waals surface area contributed by atoms with Crippen molar-refractivity contribution in [3.8, 4) is 0 Å². The molecule has 0 spiro atoms. The Labute approximate surface area is 107 Å². The maximum Gasteiger partial charge on any atom is 0.102 e. The van der Waals surface area contributed by atoms with Gasteiger partial charge < -0.3 is 0 Å². The molecule has 1 saturated carbocycles. The summed E-state index contributed by atoms with van der Waals surface area (Å²) in [7, 11) is 2.42. The van der Waals surface area contributed by atoms with Crippen LogP contribution in [0.2, 0.25) is 0 Å². The number of hydrogen-bond acceptors (Lipinski definition) is 0. The molecule has 98 valence electrons. The molecule has 0 radical (unpaired) electrons. The molecule has 1 unspecified atom stereocenters. The Morgan fingerprint density at radius 1 is 1.00 bits per heavy atom. The molecule has 17 heavy (non-hydrogen) atoms. The van der Waals surface area contributed by atoms with E-state index < -0.39 is 0 Å². The van der Waals surface area contributed by atoms with Crippen molar-refractivity contribution in [3.05, 3.63) is 12.3 Å². The summed E-state index contributed by atoms with van der Waals surface area (Å²) in [6, 6.07) is 0. The summed E-state index contributed by atoms with van der Waals surface area (Å²) < 4.78 is 1.19. The predicted octanol–water partition coefficient (Wildman–Crippen LogP) is 4.49. The molecule has 0 N–H and O–H groups in total. The van der Waals surface area contributed by atoms with E-state index in [2.05, 4.69) is 13.6 Å². The molecular formula is C16H30N+. The SMILES string of the molecule is C=C1CCC[N+]1(C)CC1CCCCCCCC1. The van der Waals surface area contributed by atoms with Gasteiger partial charge in [0, 0.05) is 18.8 Å². The van der Waals surface area contributed by atoms with Crippen molar-refractivity contribution in [2.75, 3.05) is 20.1 Å². The van der Waals surface area contributed by atoms with E-state index in [-0.39, 0.29) is 0 Å². The Morgan fingerprint density at radius 2 is 1.59 bits per heavy atom. The van der Waals surface area contributed by atoms with Crippen molar-refractivity contribution in [1.29, 1.82) is 0 Å². The fourth-order valence-electron chi connectivity index (χ4n) is 3.75. The summed E-state index contributed by atoms with van der Waals surface area (Å²) in [5, 5.41) is 0. The summed E-state index contributed by atoms with van der Waals surface area (Å²) in [5.74, 6) is 0.966. The standard InChI is InChI=1S/C16H30N/c1-15-10-9-13-17(15,2)14-16-11-7-5-3-4-6-8-12-16/h16H,1,3-14H2,2H3/q+1. The number of rotatable bonds is 2. The molecule has 0 bridgehead atoms. The van der Waals surface area contributed by atoms with E-state index in [0.29, 0.717) is 0 Å². The average Bonchev–Trinajstić information content (AvgIpc) is 2.68. The number of allylic oxidation sites excluding steroid dienone is 1. The molecule has 1 heteroatoms.